The lowest BCUT2D eigenvalue weighted by molar-refractivity contribution is 0.187. The molecule has 3 rings (SSSR count). The predicted molar refractivity (Wildman–Crippen MR) is 88.1 cm³/mol. The van der Waals surface area contributed by atoms with Gasteiger partial charge in [0.25, 0.3) is 0 Å². The lowest BCUT2D eigenvalue weighted by Crippen LogP contribution is -2.25. The molecule has 0 saturated heterocycles. The van der Waals surface area contributed by atoms with Gasteiger partial charge in [-0.3, -0.25) is 0 Å². The van der Waals surface area contributed by atoms with Crippen LogP contribution in [0.15, 0.2) is 18.2 Å². The van der Waals surface area contributed by atoms with Gasteiger partial charge in [-0.2, -0.15) is 0 Å². The van der Waals surface area contributed by atoms with Gasteiger partial charge in [-0.05, 0) is 65.5 Å². The summed E-state index contributed by atoms with van der Waals surface area (Å²) < 4.78 is 3.46. The van der Waals surface area contributed by atoms with Crippen LogP contribution in [-0.4, -0.2) is 9.55 Å². The molecule has 1 unspecified atom stereocenters. The normalized spacial score (nSPS) is 22.8. The van der Waals surface area contributed by atoms with Gasteiger partial charge in [-0.25, -0.2) is 4.98 Å². The highest BCUT2D eigenvalue weighted by Crippen LogP contribution is 2.42. The van der Waals surface area contributed by atoms with E-state index in [0.29, 0.717) is 17.4 Å². The summed E-state index contributed by atoms with van der Waals surface area (Å²) in [6.07, 6.45) is 4.99. The molecule has 0 aliphatic heterocycles. The fourth-order valence-electron chi connectivity index (χ4n) is 3.35. The van der Waals surface area contributed by atoms with Gasteiger partial charge in [0.15, 0.2) is 0 Å². The molecule has 1 aromatic carbocycles. The summed E-state index contributed by atoms with van der Waals surface area (Å²) in [5.41, 5.74) is 8.79. The summed E-state index contributed by atoms with van der Waals surface area (Å²) >= 11 is 2.32. The fourth-order valence-corrected chi connectivity index (χ4v) is 3.83. The Morgan fingerprint density at radius 1 is 1.42 bits per heavy atom. The maximum atomic E-state index is 6.17. The molecule has 19 heavy (non-hydrogen) atoms. The molecule has 1 atom stereocenters. The number of rotatable bonds is 1. The van der Waals surface area contributed by atoms with Gasteiger partial charge in [0, 0.05) is 9.61 Å². The number of nitrogen functional groups attached to an aromatic ring is 1. The van der Waals surface area contributed by atoms with E-state index >= 15 is 0 Å². The fraction of sp³-hybridized carbons (Fsp3) is 0.533. The molecule has 0 spiro atoms. The monoisotopic (exact) mass is 369 g/mol. The predicted octanol–water partition coefficient (Wildman–Crippen LogP) is 4.36. The number of fused-ring (bicyclic) bond motifs is 1. The third-order valence-electron chi connectivity index (χ3n) is 4.22. The van der Waals surface area contributed by atoms with E-state index in [9.17, 15) is 0 Å². The third-order valence-corrected chi connectivity index (χ3v) is 4.89. The molecule has 1 fully saturated rings. The Labute approximate surface area is 127 Å². The molecule has 0 amide bonds. The van der Waals surface area contributed by atoms with Gasteiger partial charge in [0.2, 0.25) is 5.95 Å². The second kappa shape index (κ2) is 4.65. The molecule has 1 aliphatic rings. The van der Waals surface area contributed by atoms with Crippen molar-refractivity contribution in [2.24, 2.45) is 5.41 Å². The number of nitrogens with zero attached hydrogens (tertiary/aromatic N) is 2. The number of imidazole rings is 1. The van der Waals surface area contributed by atoms with Gasteiger partial charge in [-0.1, -0.05) is 20.3 Å². The second-order valence-electron chi connectivity index (χ2n) is 6.39. The lowest BCUT2D eigenvalue weighted by atomic mass is 9.75. The van der Waals surface area contributed by atoms with Crippen molar-refractivity contribution < 1.29 is 0 Å². The summed E-state index contributed by atoms with van der Waals surface area (Å²) in [5, 5.41) is 0. The largest absolute Gasteiger partial charge is 0.369 e. The molecular weight excluding hydrogens is 349 g/mol. The quantitative estimate of drug-likeness (QED) is 0.759. The summed E-state index contributed by atoms with van der Waals surface area (Å²) in [7, 11) is 0. The van der Waals surface area contributed by atoms with E-state index in [4.69, 9.17) is 5.73 Å². The minimum Gasteiger partial charge on any atom is -0.369 e. The van der Waals surface area contributed by atoms with E-state index in [2.05, 4.69) is 64.2 Å². The van der Waals surface area contributed by atoms with Gasteiger partial charge >= 0.3 is 0 Å². The number of hydrogen-bond acceptors (Lipinski definition) is 2. The average molecular weight is 369 g/mol. The summed E-state index contributed by atoms with van der Waals surface area (Å²) in [6.45, 7) is 4.72. The number of hydrogen-bond donors (Lipinski definition) is 1. The van der Waals surface area contributed by atoms with Crippen LogP contribution in [0.2, 0.25) is 0 Å². The van der Waals surface area contributed by atoms with Crippen LogP contribution in [0.1, 0.15) is 45.6 Å². The Morgan fingerprint density at radius 3 is 2.95 bits per heavy atom. The third kappa shape index (κ3) is 2.47. The van der Waals surface area contributed by atoms with Crippen LogP contribution >= 0.6 is 22.6 Å². The summed E-state index contributed by atoms with van der Waals surface area (Å²) in [4.78, 5) is 4.53. The van der Waals surface area contributed by atoms with Gasteiger partial charge in [0.05, 0.1) is 11.0 Å². The van der Waals surface area contributed by atoms with E-state index in [1.54, 1.807) is 0 Å². The molecule has 0 radical (unpaired) electrons. The zero-order valence-electron chi connectivity index (χ0n) is 11.5. The molecule has 1 heterocycles. The Bertz CT molecular complexity index is 615. The highest BCUT2D eigenvalue weighted by Gasteiger charge is 2.30. The van der Waals surface area contributed by atoms with E-state index in [-0.39, 0.29) is 0 Å². The van der Waals surface area contributed by atoms with Crippen molar-refractivity contribution in [3.8, 4) is 0 Å². The molecule has 1 aliphatic carbocycles. The van der Waals surface area contributed by atoms with E-state index in [1.807, 2.05) is 0 Å². The van der Waals surface area contributed by atoms with E-state index < -0.39 is 0 Å². The van der Waals surface area contributed by atoms with Crippen molar-refractivity contribution in [2.45, 2.75) is 45.6 Å². The second-order valence-corrected chi connectivity index (χ2v) is 7.63. The molecule has 3 nitrogen and oxygen atoms in total. The van der Waals surface area contributed by atoms with Crippen molar-refractivity contribution >= 4 is 39.6 Å². The molecular formula is C15H20IN3. The molecule has 102 valence electrons. The molecule has 1 saturated carbocycles. The molecule has 1 aromatic heterocycles. The first-order valence-corrected chi connectivity index (χ1v) is 7.97. The molecule has 4 heteroatoms. The first-order valence-electron chi connectivity index (χ1n) is 6.89. The van der Waals surface area contributed by atoms with Crippen LogP contribution in [0.25, 0.3) is 11.0 Å². The maximum Gasteiger partial charge on any atom is 0.201 e. The SMILES string of the molecule is CC1(C)CCCC(n2c(N)nc3cc(I)ccc32)C1. The van der Waals surface area contributed by atoms with Gasteiger partial charge in [-0.15, -0.1) is 0 Å². The average Bonchev–Trinajstić information content (AvgIpc) is 2.62. The Hall–Kier alpha value is -0.780. The summed E-state index contributed by atoms with van der Waals surface area (Å²) in [6, 6.07) is 6.89. The number of halogens is 1. The highest BCUT2D eigenvalue weighted by molar-refractivity contribution is 14.1. The summed E-state index contributed by atoms with van der Waals surface area (Å²) in [5.74, 6) is 0.666. The first-order chi connectivity index (χ1) is 8.96. The number of nitrogens with two attached hydrogens (primary N) is 1. The number of aromatic nitrogens is 2. The molecule has 2 N–H and O–H groups in total. The zero-order valence-corrected chi connectivity index (χ0v) is 13.6. The molecule has 2 aromatic rings. The maximum absolute atomic E-state index is 6.17. The zero-order chi connectivity index (χ0) is 13.6. The van der Waals surface area contributed by atoms with Crippen LogP contribution in [0, 0.1) is 8.99 Å². The Morgan fingerprint density at radius 2 is 2.21 bits per heavy atom. The Balaban J connectivity index is 2.07. The Kier molecular flexibility index (Phi) is 3.23. The minimum atomic E-state index is 0.412. The first kappa shape index (κ1) is 13.2. The van der Waals surface area contributed by atoms with Crippen LogP contribution in [-0.2, 0) is 0 Å². The van der Waals surface area contributed by atoms with Gasteiger partial charge < -0.3 is 10.3 Å². The van der Waals surface area contributed by atoms with Crippen molar-refractivity contribution in [3.05, 3.63) is 21.8 Å². The standard InChI is InChI=1S/C15H20IN3/c1-15(2)7-3-4-11(9-15)19-13-6-5-10(16)8-12(13)18-14(19)17/h5-6,8,11H,3-4,7,9H2,1-2H3,(H2,17,18). The van der Waals surface area contributed by atoms with E-state index in [0.717, 1.165) is 5.52 Å². The minimum absolute atomic E-state index is 0.412. The van der Waals surface area contributed by atoms with Crippen molar-refractivity contribution in [2.75, 3.05) is 5.73 Å². The smallest absolute Gasteiger partial charge is 0.201 e. The lowest BCUT2D eigenvalue weighted by Gasteiger charge is -2.36. The highest BCUT2D eigenvalue weighted by atomic mass is 127. The number of anilines is 1. The van der Waals surface area contributed by atoms with Crippen LogP contribution in [0.5, 0.6) is 0 Å². The van der Waals surface area contributed by atoms with E-state index in [1.165, 1.54) is 34.8 Å². The van der Waals surface area contributed by atoms with Crippen molar-refractivity contribution in [1.29, 1.82) is 0 Å². The van der Waals surface area contributed by atoms with Crippen LogP contribution in [0.3, 0.4) is 0 Å². The van der Waals surface area contributed by atoms with Crippen molar-refractivity contribution in [3.63, 3.8) is 0 Å². The topological polar surface area (TPSA) is 43.8 Å². The molecule has 0 bridgehead atoms. The van der Waals surface area contributed by atoms with Crippen molar-refractivity contribution in [1.82, 2.24) is 9.55 Å². The number of benzene rings is 1. The van der Waals surface area contributed by atoms with Gasteiger partial charge in [0.1, 0.15) is 0 Å². The van der Waals surface area contributed by atoms with Crippen LogP contribution in [0.4, 0.5) is 5.95 Å². The van der Waals surface area contributed by atoms with Crippen LogP contribution < -0.4 is 5.73 Å².